The number of aliphatic hydroxyl groups is 1. The standard InChI is InChI=1S/C9H14O2/c1-7(10)8-2-4-9(11,6-8)5-3-8/h11H,2-6H2,1H3. The summed E-state index contributed by atoms with van der Waals surface area (Å²) < 4.78 is 0. The first-order chi connectivity index (χ1) is 5.06. The van der Waals surface area contributed by atoms with Gasteiger partial charge in [-0.1, -0.05) is 0 Å². The van der Waals surface area contributed by atoms with E-state index in [9.17, 15) is 9.90 Å². The molecule has 2 aliphatic rings. The molecule has 2 rings (SSSR count). The molecule has 0 spiro atoms. The molecule has 2 saturated carbocycles. The summed E-state index contributed by atoms with van der Waals surface area (Å²) in [7, 11) is 0. The molecular weight excluding hydrogens is 140 g/mol. The van der Waals surface area contributed by atoms with Crippen molar-refractivity contribution in [2.24, 2.45) is 5.41 Å². The van der Waals surface area contributed by atoms with E-state index in [1.54, 1.807) is 6.92 Å². The Bertz CT molecular complexity index is 200. The van der Waals surface area contributed by atoms with Gasteiger partial charge in [-0.05, 0) is 39.0 Å². The van der Waals surface area contributed by atoms with Gasteiger partial charge in [0.25, 0.3) is 0 Å². The van der Waals surface area contributed by atoms with Gasteiger partial charge in [0, 0.05) is 5.41 Å². The lowest BCUT2D eigenvalue weighted by Crippen LogP contribution is -2.23. The summed E-state index contributed by atoms with van der Waals surface area (Å²) in [5, 5.41) is 9.80. The minimum absolute atomic E-state index is 0.116. The smallest absolute Gasteiger partial charge is 0.136 e. The number of fused-ring (bicyclic) bond motifs is 2. The van der Waals surface area contributed by atoms with Gasteiger partial charge in [-0.3, -0.25) is 4.79 Å². The molecule has 62 valence electrons. The van der Waals surface area contributed by atoms with E-state index in [0.29, 0.717) is 0 Å². The maximum Gasteiger partial charge on any atom is 0.136 e. The molecule has 2 aliphatic carbocycles. The van der Waals surface area contributed by atoms with Crippen LogP contribution in [0.15, 0.2) is 0 Å². The second-order valence-corrected chi connectivity index (χ2v) is 4.24. The molecule has 0 atom stereocenters. The highest BCUT2D eigenvalue weighted by Crippen LogP contribution is 2.56. The molecule has 11 heavy (non-hydrogen) atoms. The van der Waals surface area contributed by atoms with Crippen LogP contribution in [0, 0.1) is 5.41 Å². The van der Waals surface area contributed by atoms with Crippen LogP contribution in [0.4, 0.5) is 0 Å². The monoisotopic (exact) mass is 154 g/mol. The lowest BCUT2D eigenvalue weighted by molar-refractivity contribution is -0.126. The first-order valence-corrected chi connectivity index (χ1v) is 4.30. The highest BCUT2D eigenvalue weighted by molar-refractivity contribution is 5.83. The first kappa shape index (κ1) is 7.29. The van der Waals surface area contributed by atoms with Crippen LogP contribution in [0.25, 0.3) is 0 Å². The van der Waals surface area contributed by atoms with Gasteiger partial charge in [-0.2, -0.15) is 0 Å². The molecule has 2 bridgehead atoms. The van der Waals surface area contributed by atoms with Crippen molar-refractivity contribution in [3.63, 3.8) is 0 Å². The Hall–Kier alpha value is -0.370. The lowest BCUT2D eigenvalue weighted by Gasteiger charge is -2.22. The van der Waals surface area contributed by atoms with Gasteiger partial charge < -0.3 is 5.11 Å². The van der Waals surface area contributed by atoms with Crippen LogP contribution >= 0.6 is 0 Å². The van der Waals surface area contributed by atoms with Crippen molar-refractivity contribution in [2.75, 3.05) is 0 Å². The van der Waals surface area contributed by atoms with E-state index in [-0.39, 0.29) is 11.2 Å². The number of ketones is 1. The predicted octanol–water partition coefficient (Wildman–Crippen LogP) is 1.27. The second kappa shape index (κ2) is 1.86. The fourth-order valence-electron chi connectivity index (χ4n) is 2.65. The second-order valence-electron chi connectivity index (χ2n) is 4.24. The Balaban J connectivity index is 2.27. The average molecular weight is 154 g/mol. The third kappa shape index (κ3) is 0.853. The van der Waals surface area contributed by atoms with Crippen molar-refractivity contribution in [1.82, 2.24) is 0 Å². The van der Waals surface area contributed by atoms with E-state index in [1.165, 1.54) is 0 Å². The Morgan fingerprint density at radius 3 is 2.00 bits per heavy atom. The molecule has 0 saturated heterocycles. The predicted molar refractivity (Wildman–Crippen MR) is 41.1 cm³/mol. The van der Waals surface area contributed by atoms with Crippen LogP contribution in [0.3, 0.4) is 0 Å². The number of hydrogen-bond donors (Lipinski definition) is 1. The summed E-state index contributed by atoms with van der Waals surface area (Å²) in [5.74, 6) is 0.283. The van der Waals surface area contributed by atoms with Gasteiger partial charge in [0.2, 0.25) is 0 Å². The van der Waals surface area contributed by atoms with E-state index in [0.717, 1.165) is 32.1 Å². The van der Waals surface area contributed by atoms with Gasteiger partial charge in [0.15, 0.2) is 0 Å². The maximum atomic E-state index is 11.3. The number of Topliss-reactive ketones (excluding diaryl/α,β-unsaturated/α-hetero) is 1. The molecule has 0 aromatic carbocycles. The summed E-state index contributed by atoms with van der Waals surface area (Å²) in [6.07, 6.45) is 4.24. The molecule has 0 aliphatic heterocycles. The molecule has 0 heterocycles. The fraction of sp³-hybridized carbons (Fsp3) is 0.889. The number of hydrogen-bond acceptors (Lipinski definition) is 2. The molecular formula is C9H14O2. The minimum Gasteiger partial charge on any atom is -0.390 e. The quantitative estimate of drug-likeness (QED) is 0.617. The van der Waals surface area contributed by atoms with Crippen LogP contribution in [0.1, 0.15) is 39.0 Å². The Kier molecular flexibility index (Phi) is 1.23. The van der Waals surface area contributed by atoms with E-state index < -0.39 is 5.60 Å². The highest BCUT2D eigenvalue weighted by Gasteiger charge is 2.55. The van der Waals surface area contributed by atoms with Crippen LogP contribution < -0.4 is 0 Å². The zero-order valence-electron chi connectivity index (χ0n) is 6.89. The van der Waals surface area contributed by atoms with Crippen molar-refractivity contribution >= 4 is 5.78 Å². The van der Waals surface area contributed by atoms with E-state index >= 15 is 0 Å². The van der Waals surface area contributed by atoms with Crippen molar-refractivity contribution in [1.29, 1.82) is 0 Å². The Morgan fingerprint density at radius 1 is 1.27 bits per heavy atom. The largest absolute Gasteiger partial charge is 0.390 e. The normalized spacial score (nSPS) is 48.2. The molecule has 0 aromatic heterocycles. The summed E-state index contributed by atoms with van der Waals surface area (Å²) >= 11 is 0. The molecule has 0 unspecified atom stereocenters. The Morgan fingerprint density at radius 2 is 1.82 bits per heavy atom. The van der Waals surface area contributed by atoms with Crippen LogP contribution in [0.2, 0.25) is 0 Å². The lowest BCUT2D eigenvalue weighted by atomic mass is 9.81. The third-order valence-electron chi connectivity index (χ3n) is 3.55. The summed E-state index contributed by atoms with van der Waals surface area (Å²) in [6, 6.07) is 0. The molecule has 1 N–H and O–H groups in total. The van der Waals surface area contributed by atoms with Gasteiger partial charge in [0.05, 0.1) is 5.60 Å². The van der Waals surface area contributed by atoms with Crippen LogP contribution in [-0.2, 0) is 4.79 Å². The molecule has 0 aromatic rings. The van der Waals surface area contributed by atoms with Crippen LogP contribution in [-0.4, -0.2) is 16.5 Å². The average Bonchev–Trinajstić information content (AvgIpc) is 2.42. The molecule has 0 amide bonds. The number of rotatable bonds is 1. The molecule has 0 radical (unpaired) electrons. The SMILES string of the molecule is CC(=O)C12CCC(O)(CC1)C2. The van der Waals surface area contributed by atoms with Crippen molar-refractivity contribution in [3.05, 3.63) is 0 Å². The summed E-state index contributed by atoms with van der Waals surface area (Å²) in [5.41, 5.74) is -0.583. The number of carbonyl (C=O) groups is 1. The number of carbonyl (C=O) groups excluding carboxylic acids is 1. The zero-order chi connectivity index (χ0) is 8.11. The highest BCUT2D eigenvalue weighted by atomic mass is 16.3. The molecule has 2 fully saturated rings. The van der Waals surface area contributed by atoms with Crippen LogP contribution in [0.5, 0.6) is 0 Å². The molecule has 2 nitrogen and oxygen atoms in total. The minimum atomic E-state index is -0.467. The zero-order valence-corrected chi connectivity index (χ0v) is 6.89. The van der Waals surface area contributed by atoms with Crippen molar-refractivity contribution in [2.45, 2.75) is 44.6 Å². The van der Waals surface area contributed by atoms with Crippen molar-refractivity contribution < 1.29 is 9.90 Å². The first-order valence-electron chi connectivity index (χ1n) is 4.30. The fourth-order valence-corrected chi connectivity index (χ4v) is 2.65. The van der Waals surface area contributed by atoms with E-state index in [1.807, 2.05) is 0 Å². The van der Waals surface area contributed by atoms with Gasteiger partial charge in [-0.15, -0.1) is 0 Å². The Labute approximate surface area is 66.6 Å². The van der Waals surface area contributed by atoms with E-state index in [2.05, 4.69) is 0 Å². The maximum absolute atomic E-state index is 11.3. The third-order valence-corrected chi connectivity index (χ3v) is 3.55. The van der Waals surface area contributed by atoms with Gasteiger partial charge >= 0.3 is 0 Å². The van der Waals surface area contributed by atoms with Crippen molar-refractivity contribution in [3.8, 4) is 0 Å². The van der Waals surface area contributed by atoms with Gasteiger partial charge in [-0.25, -0.2) is 0 Å². The summed E-state index contributed by atoms with van der Waals surface area (Å²) in [6.45, 7) is 1.66. The molecule has 2 heteroatoms. The topological polar surface area (TPSA) is 37.3 Å². The van der Waals surface area contributed by atoms with Gasteiger partial charge in [0.1, 0.15) is 5.78 Å². The summed E-state index contributed by atoms with van der Waals surface area (Å²) in [4.78, 5) is 11.3. The van der Waals surface area contributed by atoms with E-state index in [4.69, 9.17) is 0 Å².